The van der Waals surface area contributed by atoms with Crippen LogP contribution in [0.5, 0.6) is 5.88 Å². The van der Waals surface area contributed by atoms with Crippen molar-refractivity contribution in [1.82, 2.24) is 9.88 Å². The van der Waals surface area contributed by atoms with Crippen molar-refractivity contribution in [2.24, 2.45) is 0 Å². The molecule has 5 rings (SSSR count). The van der Waals surface area contributed by atoms with Crippen LogP contribution >= 0.6 is 0 Å². The van der Waals surface area contributed by atoms with Crippen molar-refractivity contribution < 1.29 is 32.0 Å². The number of amides is 1. The van der Waals surface area contributed by atoms with E-state index in [2.05, 4.69) is 15.2 Å². The second-order valence-electron chi connectivity index (χ2n) is 10.7. The number of anilines is 2. The Morgan fingerprint density at radius 3 is 2.35 bits per heavy atom. The van der Waals surface area contributed by atoms with E-state index in [1.54, 1.807) is 23.1 Å². The molecule has 1 amide bonds. The Morgan fingerprint density at radius 2 is 1.70 bits per heavy atom. The molecule has 43 heavy (non-hydrogen) atoms. The number of piperazine rings is 1. The quantitative estimate of drug-likeness (QED) is 0.197. The number of aromatic nitrogens is 1. The Morgan fingerprint density at radius 1 is 1.00 bits per heavy atom. The van der Waals surface area contributed by atoms with Crippen LogP contribution in [0.15, 0.2) is 60.7 Å². The highest BCUT2D eigenvalue weighted by Crippen LogP contribution is 2.38. The number of nitrogens with zero attached hydrogens (tertiary/aromatic N) is 4. The monoisotopic (exact) mass is 601 g/mol. The molecule has 1 saturated carbocycles. The van der Waals surface area contributed by atoms with Crippen LogP contribution in [0.3, 0.4) is 0 Å². The SMILES string of the molecule is O=C(Cc1ccc(F)cc1)N1CCN(c2cccc(OC3CCC(Nc4ccc([N+](=O)[O-])c(C(F)(F)F)c4)CC3)n2)CC1. The van der Waals surface area contributed by atoms with Gasteiger partial charge in [0.2, 0.25) is 11.8 Å². The summed E-state index contributed by atoms with van der Waals surface area (Å²) in [5.41, 5.74) is -1.29. The van der Waals surface area contributed by atoms with E-state index in [1.807, 2.05) is 12.1 Å². The maximum absolute atomic E-state index is 13.3. The van der Waals surface area contributed by atoms with Crippen molar-refractivity contribution >= 4 is 23.1 Å². The van der Waals surface area contributed by atoms with Gasteiger partial charge in [0.25, 0.3) is 5.69 Å². The van der Waals surface area contributed by atoms with Crippen LogP contribution in [0.2, 0.25) is 0 Å². The summed E-state index contributed by atoms with van der Waals surface area (Å²) in [6.45, 7) is 2.31. The van der Waals surface area contributed by atoms with Crippen LogP contribution in [0.4, 0.5) is 34.8 Å². The Balaban J connectivity index is 1.10. The van der Waals surface area contributed by atoms with Crippen molar-refractivity contribution in [1.29, 1.82) is 0 Å². The normalized spacial score (nSPS) is 19.2. The van der Waals surface area contributed by atoms with E-state index in [0.29, 0.717) is 57.7 Å². The number of nitro groups is 1. The van der Waals surface area contributed by atoms with Crippen molar-refractivity contribution in [2.75, 3.05) is 36.4 Å². The molecule has 2 fully saturated rings. The summed E-state index contributed by atoms with van der Waals surface area (Å²) in [7, 11) is 0. The average Bonchev–Trinajstić information content (AvgIpc) is 2.99. The molecule has 0 bridgehead atoms. The maximum atomic E-state index is 13.3. The van der Waals surface area contributed by atoms with E-state index >= 15 is 0 Å². The smallest absolute Gasteiger partial charge is 0.423 e. The lowest BCUT2D eigenvalue weighted by molar-refractivity contribution is -0.388. The number of rotatable bonds is 8. The summed E-state index contributed by atoms with van der Waals surface area (Å²) in [5, 5.41) is 14.1. The molecule has 1 N–H and O–H groups in total. The minimum atomic E-state index is -4.83. The van der Waals surface area contributed by atoms with Gasteiger partial charge in [-0.25, -0.2) is 4.39 Å². The molecule has 0 spiro atoms. The third kappa shape index (κ3) is 7.70. The molecular weight excluding hydrogens is 570 g/mol. The molecule has 13 heteroatoms. The molecule has 0 atom stereocenters. The zero-order valence-corrected chi connectivity index (χ0v) is 23.2. The number of halogens is 4. The highest BCUT2D eigenvalue weighted by molar-refractivity contribution is 5.79. The first kappa shape index (κ1) is 30.1. The number of hydrogen-bond acceptors (Lipinski definition) is 7. The van der Waals surface area contributed by atoms with Gasteiger partial charge in [-0.2, -0.15) is 18.2 Å². The van der Waals surface area contributed by atoms with Gasteiger partial charge < -0.3 is 19.9 Å². The number of carbonyl (C=O) groups excluding carboxylic acids is 1. The van der Waals surface area contributed by atoms with Crippen molar-refractivity contribution in [2.45, 2.75) is 50.4 Å². The first-order valence-corrected chi connectivity index (χ1v) is 14.1. The fourth-order valence-corrected chi connectivity index (χ4v) is 5.46. The number of nitro benzene ring substituents is 1. The molecular formula is C30H31F4N5O4. The van der Waals surface area contributed by atoms with Gasteiger partial charge >= 0.3 is 6.18 Å². The van der Waals surface area contributed by atoms with E-state index in [4.69, 9.17) is 4.74 Å². The molecule has 2 aromatic carbocycles. The standard InChI is InChI=1S/C30H31F4N5O4/c31-21-6-4-20(5-7-21)18-29(40)38-16-14-37(15-17-38)27-2-1-3-28(36-27)43-24-11-8-22(9-12-24)35-23-10-13-26(39(41)42)25(19-23)30(32,33)34/h1-7,10,13,19,22,24,35H,8-9,11-12,14-18H2. The number of nitrogens with one attached hydrogen (secondary N) is 1. The van der Waals surface area contributed by atoms with Crippen LogP contribution in [-0.4, -0.2) is 59.0 Å². The van der Waals surface area contributed by atoms with Crippen LogP contribution in [0, 0.1) is 15.9 Å². The van der Waals surface area contributed by atoms with Crippen LogP contribution in [0.25, 0.3) is 0 Å². The van der Waals surface area contributed by atoms with E-state index in [-0.39, 0.29) is 36.0 Å². The van der Waals surface area contributed by atoms with Gasteiger partial charge in [0.15, 0.2) is 0 Å². The maximum Gasteiger partial charge on any atom is 0.423 e. The van der Waals surface area contributed by atoms with Gasteiger partial charge in [0.1, 0.15) is 23.3 Å². The summed E-state index contributed by atoms with van der Waals surface area (Å²) in [6.07, 6.45) is -2.09. The largest absolute Gasteiger partial charge is 0.474 e. The molecule has 0 radical (unpaired) electrons. The number of hydrogen-bond donors (Lipinski definition) is 1. The Hall–Kier alpha value is -4.42. The predicted molar refractivity (Wildman–Crippen MR) is 152 cm³/mol. The summed E-state index contributed by atoms with van der Waals surface area (Å²) >= 11 is 0. The first-order chi connectivity index (χ1) is 20.5. The number of ether oxygens (including phenoxy) is 1. The topological polar surface area (TPSA) is 101 Å². The highest BCUT2D eigenvalue weighted by Gasteiger charge is 2.38. The minimum absolute atomic E-state index is 0.00392. The molecule has 9 nitrogen and oxygen atoms in total. The molecule has 3 aromatic rings. The number of carbonyl (C=O) groups is 1. The molecule has 228 valence electrons. The first-order valence-electron chi connectivity index (χ1n) is 14.1. The molecule has 2 heterocycles. The Bertz CT molecular complexity index is 1440. The molecule has 1 aliphatic carbocycles. The van der Waals surface area contributed by atoms with E-state index in [1.165, 1.54) is 18.2 Å². The average molecular weight is 602 g/mol. The molecule has 1 aromatic heterocycles. The van der Waals surface area contributed by atoms with Crippen LogP contribution < -0.4 is 15.0 Å². The summed E-state index contributed by atoms with van der Waals surface area (Å²) in [4.78, 5) is 31.2. The van der Waals surface area contributed by atoms with Gasteiger partial charge in [-0.15, -0.1) is 0 Å². The van der Waals surface area contributed by atoms with Gasteiger partial charge in [-0.3, -0.25) is 14.9 Å². The lowest BCUT2D eigenvalue weighted by Gasteiger charge is -2.35. The number of alkyl halides is 3. The van der Waals surface area contributed by atoms with E-state index in [0.717, 1.165) is 23.5 Å². The third-order valence-corrected chi connectivity index (χ3v) is 7.76. The van der Waals surface area contributed by atoms with Gasteiger partial charge in [-0.1, -0.05) is 18.2 Å². The van der Waals surface area contributed by atoms with E-state index in [9.17, 15) is 32.5 Å². The van der Waals surface area contributed by atoms with Crippen LogP contribution in [0.1, 0.15) is 36.8 Å². The third-order valence-electron chi connectivity index (χ3n) is 7.76. The summed E-state index contributed by atoms with van der Waals surface area (Å²) in [6, 6.07) is 14.3. The fraction of sp³-hybridized carbons (Fsp3) is 0.400. The molecule has 1 saturated heterocycles. The summed E-state index contributed by atoms with van der Waals surface area (Å²) in [5.74, 6) is 0.890. The number of benzene rings is 2. The van der Waals surface area contributed by atoms with Crippen molar-refractivity contribution in [3.8, 4) is 5.88 Å². The Labute approximate surface area is 245 Å². The van der Waals surface area contributed by atoms with Gasteiger partial charge in [0, 0.05) is 50.0 Å². The molecule has 0 unspecified atom stereocenters. The van der Waals surface area contributed by atoms with Gasteiger partial charge in [-0.05, 0) is 61.6 Å². The predicted octanol–water partition coefficient (Wildman–Crippen LogP) is 5.84. The second kappa shape index (κ2) is 12.8. The zero-order valence-electron chi connectivity index (χ0n) is 23.2. The van der Waals surface area contributed by atoms with E-state index < -0.39 is 22.4 Å². The van der Waals surface area contributed by atoms with Crippen molar-refractivity contribution in [3.05, 3.63) is 87.7 Å². The van der Waals surface area contributed by atoms with Crippen LogP contribution in [-0.2, 0) is 17.4 Å². The highest BCUT2D eigenvalue weighted by atomic mass is 19.4. The lowest BCUT2D eigenvalue weighted by Crippen LogP contribution is -2.49. The summed E-state index contributed by atoms with van der Waals surface area (Å²) < 4.78 is 59.3. The van der Waals surface area contributed by atoms with Gasteiger partial charge in [0.05, 0.1) is 11.3 Å². The molecule has 2 aliphatic rings. The Kier molecular flexibility index (Phi) is 8.97. The minimum Gasteiger partial charge on any atom is -0.474 e. The fourth-order valence-electron chi connectivity index (χ4n) is 5.46. The zero-order chi connectivity index (χ0) is 30.6. The lowest BCUT2D eigenvalue weighted by atomic mass is 9.92. The number of pyridine rings is 1. The van der Waals surface area contributed by atoms with Crippen molar-refractivity contribution in [3.63, 3.8) is 0 Å². The molecule has 1 aliphatic heterocycles. The second-order valence-corrected chi connectivity index (χ2v) is 10.7.